The number of aromatic nitrogens is 5. The van der Waals surface area contributed by atoms with E-state index in [1.807, 2.05) is 6.07 Å². The molecular formula is C23H22N6O3. The van der Waals surface area contributed by atoms with Crippen LogP contribution in [-0.4, -0.2) is 41.3 Å². The minimum Gasteiger partial charge on any atom is -0.330 e. The van der Waals surface area contributed by atoms with Crippen molar-refractivity contribution in [3.63, 3.8) is 0 Å². The van der Waals surface area contributed by atoms with E-state index in [9.17, 15) is 14.4 Å². The van der Waals surface area contributed by atoms with Crippen molar-refractivity contribution in [2.45, 2.75) is 44.6 Å². The Morgan fingerprint density at radius 1 is 1.06 bits per heavy atom. The number of aromatic amines is 1. The van der Waals surface area contributed by atoms with Crippen LogP contribution in [0.1, 0.15) is 59.0 Å². The van der Waals surface area contributed by atoms with Crippen LogP contribution in [0.2, 0.25) is 0 Å². The predicted octanol–water partition coefficient (Wildman–Crippen LogP) is 1.89. The molecule has 1 N–H and O–H groups in total. The van der Waals surface area contributed by atoms with E-state index in [1.165, 1.54) is 15.1 Å². The van der Waals surface area contributed by atoms with E-state index in [0.29, 0.717) is 17.8 Å². The lowest BCUT2D eigenvalue weighted by molar-refractivity contribution is 0.0730. The van der Waals surface area contributed by atoms with Gasteiger partial charge in [0.05, 0.1) is 17.4 Å². The number of nitrogens with zero attached hydrogens (tertiary/aromatic N) is 5. The number of amides is 1. The predicted molar refractivity (Wildman–Crippen MR) is 117 cm³/mol. The van der Waals surface area contributed by atoms with Crippen LogP contribution in [0.4, 0.5) is 0 Å². The van der Waals surface area contributed by atoms with Gasteiger partial charge in [0.1, 0.15) is 11.2 Å². The van der Waals surface area contributed by atoms with Crippen molar-refractivity contribution in [2.24, 2.45) is 0 Å². The van der Waals surface area contributed by atoms with Crippen LogP contribution < -0.4 is 11.1 Å². The lowest BCUT2D eigenvalue weighted by atomic mass is 9.97. The number of carbonyl (C=O) groups is 1. The molecule has 162 valence electrons. The lowest BCUT2D eigenvalue weighted by Gasteiger charge is -2.23. The van der Waals surface area contributed by atoms with E-state index in [0.717, 1.165) is 55.5 Å². The van der Waals surface area contributed by atoms with E-state index in [4.69, 9.17) is 4.98 Å². The van der Waals surface area contributed by atoms with Crippen LogP contribution in [0.25, 0.3) is 11.3 Å². The molecule has 1 amide bonds. The van der Waals surface area contributed by atoms with Crippen LogP contribution in [0.15, 0.2) is 46.2 Å². The molecule has 6 rings (SSSR count). The van der Waals surface area contributed by atoms with Gasteiger partial charge in [-0.1, -0.05) is 6.07 Å². The number of H-pyrrole nitrogens is 1. The van der Waals surface area contributed by atoms with Gasteiger partial charge in [0.25, 0.3) is 17.0 Å². The minimum absolute atomic E-state index is 0.0440. The number of aryl methyl sites for hydroxylation is 1. The molecule has 2 aliphatic rings. The number of hydrogen-bond acceptors (Lipinski definition) is 5. The maximum atomic E-state index is 13.4. The molecule has 1 aliphatic heterocycles. The highest BCUT2D eigenvalue weighted by Crippen LogP contribution is 2.32. The Morgan fingerprint density at radius 2 is 1.94 bits per heavy atom. The Hall–Kier alpha value is -3.75. The van der Waals surface area contributed by atoms with Crippen LogP contribution in [0.3, 0.4) is 0 Å². The van der Waals surface area contributed by atoms with Crippen LogP contribution in [0, 0.1) is 0 Å². The molecule has 4 aromatic rings. The maximum absolute atomic E-state index is 13.4. The highest BCUT2D eigenvalue weighted by molar-refractivity contribution is 5.94. The third-order valence-electron chi connectivity index (χ3n) is 6.62. The largest absolute Gasteiger partial charge is 0.330 e. The number of pyridine rings is 1. The van der Waals surface area contributed by atoms with Gasteiger partial charge in [0.15, 0.2) is 5.65 Å². The smallest absolute Gasteiger partial charge is 0.276 e. The maximum Gasteiger partial charge on any atom is 0.276 e. The highest BCUT2D eigenvalue weighted by atomic mass is 16.2. The Labute approximate surface area is 182 Å². The van der Waals surface area contributed by atoms with Gasteiger partial charge in [-0.3, -0.25) is 23.9 Å². The first-order chi connectivity index (χ1) is 15.6. The van der Waals surface area contributed by atoms with Gasteiger partial charge >= 0.3 is 0 Å². The normalized spacial score (nSPS) is 18.4. The first kappa shape index (κ1) is 19.0. The quantitative estimate of drug-likeness (QED) is 0.523. The summed E-state index contributed by atoms with van der Waals surface area (Å²) >= 11 is 0. The Bertz CT molecular complexity index is 1500. The Kier molecular flexibility index (Phi) is 4.24. The lowest BCUT2D eigenvalue weighted by Crippen LogP contribution is -2.35. The van der Waals surface area contributed by atoms with Crippen LogP contribution in [-0.2, 0) is 12.8 Å². The zero-order valence-corrected chi connectivity index (χ0v) is 17.5. The van der Waals surface area contributed by atoms with Gasteiger partial charge in [0, 0.05) is 30.6 Å². The first-order valence-electron chi connectivity index (χ1n) is 11.0. The minimum atomic E-state index is -0.381. The summed E-state index contributed by atoms with van der Waals surface area (Å²) in [6, 6.07) is 6.86. The molecule has 1 fully saturated rings. The van der Waals surface area contributed by atoms with E-state index < -0.39 is 0 Å². The molecule has 0 saturated carbocycles. The van der Waals surface area contributed by atoms with Gasteiger partial charge in [-0.05, 0) is 50.7 Å². The molecule has 1 unspecified atom stereocenters. The molecule has 1 aliphatic carbocycles. The number of hydrogen-bond donors (Lipinski definition) is 1. The molecule has 32 heavy (non-hydrogen) atoms. The summed E-state index contributed by atoms with van der Waals surface area (Å²) in [5.74, 6) is -0.346. The second-order valence-corrected chi connectivity index (χ2v) is 8.52. The molecular weight excluding hydrogens is 408 g/mol. The van der Waals surface area contributed by atoms with E-state index in [1.54, 1.807) is 29.3 Å². The molecule has 0 radical (unpaired) electrons. The summed E-state index contributed by atoms with van der Waals surface area (Å²) < 4.78 is 2.88. The fourth-order valence-electron chi connectivity index (χ4n) is 5.01. The monoisotopic (exact) mass is 430 g/mol. The van der Waals surface area contributed by atoms with Crippen molar-refractivity contribution >= 4 is 17.2 Å². The molecule has 0 aromatic carbocycles. The summed E-state index contributed by atoms with van der Waals surface area (Å²) in [4.78, 5) is 49.9. The summed E-state index contributed by atoms with van der Waals surface area (Å²) in [7, 11) is 0. The van der Waals surface area contributed by atoms with Crippen molar-refractivity contribution < 1.29 is 4.79 Å². The number of rotatable bonds is 2. The van der Waals surface area contributed by atoms with Crippen molar-refractivity contribution in [3.05, 3.63) is 79.9 Å². The van der Waals surface area contributed by atoms with Gasteiger partial charge in [-0.2, -0.15) is 0 Å². The number of carbonyl (C=O) groups excluding carboxylic acids is 1. The molecule has 0 bridgehead atoms. The zero-order chi connectivity index (χ0) is 21.8. The van der Waals surface area contributed by atoms with Crippen molar-refractivity contribution in [1.82, 2.24) is 28.9 Å². The van der Waals surface area contributed by atoms with Crippen LogP contribution in [0.5, 0.6) is 0 Å². The molecule has 4 aromatic heterocycles. The summed E-state index contributed by atoms with van der Waals surface area (Å²) in [5.41, 5.74) is 3.13. The summed E-state index contributed by atoms with van der Waals surface area (Å²) in [5, 5.41) is 3.19. The third-order valence-corrected chi connectivity index (χ3v) is 6.62. The van der Waals surface area contributed by atoms with Crippen molar-refractivity contribution in [2.75, 3.05) is 6.54 Å². The SMILES string of the molecule is O=C(c1cnc2ccccn2c1=O)N1CCCC1c1cc2nc3c(c(=O)n2[nH]1)CCCC3. The first-order valence-corrected chi connectivity index (χ1v) is 11.0. The van der Waals surface area contributed by atoms with Crippen LogP contribution >= 0.6 is 0 Å². The molecule has 0 spiro atoms. The van der Waals surface area contributed by atoms with Gasteiger partial charge in [0.2, 0.25) is 0 Å². The van der Waals surface area contributed by atoms with Crippen molar-refractivity contribution in [3.8, 4) is 0 Å². The van der Waals surface area contributed by atoms with Gasteiger partial charge < -0.3 is 4.90 Å². The molecule has 1 atom stereocenters. The van der Waals surface area contributed by atoms with Gasteiger partial charge in [-0.15, -0.1) is 0 Å². The second-order valence-electron chi connectivity index (χ2n) is 8.52. The fraction of sp³-hybridized carbons (Fsp3) is 0.348. The number of likely N-dealkylation sites (tertiary alicyclic amines) is 1. The second kappa shape index (κ2) is 7.15. The number of fused-ring (bicyclic) bond motifs is 3. The van der Waals surface area contributed by atoms with E-state index in [2.05, 4.69) is 10.1 Å². The van der Waals surface area contributed by atoms with E-state index in [-0.39, 0.29) is 28.6 Å². The average Bonchev–Trinajstić information content (AvgIpc) is 3.47. The Morgan fingerprint density at radius 3 is 2.84 bits per heavy atom. The average molecular weight is 430 g/mol. The molecule has 9 heteroatoms. The highest BCUT2D eigenvalue weighted by Gasteiger charge is 2.34. The van der Waals surface area contributed by atoms with Crippen molar-refractivity contribution in [1.29, 1.82) is 0 Å². The fourth-order valence-corrected chi connectivity index (χ4v) is 5.01. The zero-order valence-electron chi connectivity index (χ0n) is 17.5. The summed E-state index contributed by atoms with van der Waals surface area (Å²) in [6.45, 7) is 0.536. The molecule has 1 saturated heterocycles. The molecule has 9 nitrogen and oxygen atoms in total. The Balaban J connectivity index is 1.39. The van der Waals surface area contributed by atoms with Gasteiger partial charge in [-0.25, -0.2) is 14.5 Å². The topological polar surface area (TPSA) is 105 Å². The van der Waals surface area contributed by atoms with E-state index >= 15 is 0 Å². The standard InChI is InChI=1S/C23H22N6O3/c30-21(15-13-24-19-9-3-4-10-28(19)22(15)31)27-11-5-8-18(27)17-12-20-25-16-7-2-1-6-14(16)23(32)29(20)26-17/h3-4,9-10,12-13,18,26H,1-2,5-8,11H2. The molecule has 5 heterocycles. The number of nitrogens with one attached hydrogen (secondary N) is 1. The summed E-state index contributed by atoms with van der Waals surface area (Å²) in [6.07, 6.45) is 8.17. The third kappa shape index (κ3) is 2.80.